The van der Waals surface area contributed by atoms with Gasteiger partial charge in [0.05, 0.1) is 6.61 Å². The predicted molar refractivity (Wildman–Crippen MR) is 78.3 cm³/mol. The maximum Gasteiger partial charge on any atom is 0.0681 e. The molecule has 0 spiro atoms. The van der Waals surface area contributed by atoms with Crippen LogP contribution in [0.5, 0.6) is 0 Å². The average Bonchev–Trinajstić information content (AvgIpc) is 2.71. The first kappa shape index (κ1) is 12.4. The highest BCUT2D eigenvalue weighted by Crippen LogP contribution is 2.48. The summed E-state index contributed by atoms with van der Waals surface area (Å²) in [6.07, 6.45) is 1.14. The Hall–Kier alpha value is -1.60. The highest BCUT2D eigenvalue weighted by Gasteiger charge is 2.37. The van der Waals surface area contributed by atoms with E-state index in [0.29, 0.717) is 5.92 Å². The van der Waals surface area contributed by atoms with E-state index in [1.54, 1.807) is 0 Å². The molecule has 2 aromatic rings. The molecule has 1 heteroatoms. The molecule has 2 aromatic carbocycles. The van der Waals surface area contributed by atoms with Crippen LogP contribution in [0.25, 0.3) is 0 Å². The summed E-state index contributed by atoms with van der Waals surface area (Å²) >= 11 is 0. The molecule has 19 heavy (non-hydrogen) atoms. The molecule has 0 aliphatic heterocycles. The molecule has 98 valence electrons. The van der Waals surface area contributed by atoms with E-state index in [0.717, 1.165) is 12.0 Å². The highest BCUT2D eigenvalue weighted by molar-refractivity contribution is 5.48. The van der Waals surface area contributed by atoms with E-state index in [1.807, 2.05) is 6.07 Å². The predicted octanol–water partition coefficient (Wildman–Crippen LogP) is 3.99. The molecule has 0 amide bonds. The Kier molecular flexibility index (Phi) is 2.94. The van der Waals surface area contributed by atoms with E-state index in [4.69, 9.17) is 0 Å². The van der Waals surface area contributed by atoms with Crippen molar-refractivity contribution in [3.8, 4) is 0 Å². The number of aliphatic hydroxyl groups is 1. The summed E-state index contributed by atoms with van der Waals surface area (Å²) in [5, 5.41) is 9.36. The van der Waals surface area contributed by atoms with Crippen LogP contribution in [0.3, 0.4) is 0 Å². The van der Waals surface area contributed by atoms with Crippen LogP contribution >= 0.6 is 0 Å². The summed E-state index contributed by atoms with van der Waals surface area (Å²) < 4.78 is 0. The Morgan fingerprint density at radius 3 is 2.53 bits per heavy atom. The number of benzene rings is 2. The third kappa shape index (κ3) is 2.08. The van der Waals surface area contributed by atoms with Gasteiger partial charge in [0.15, 0.2) is 0 Å². The van der Waals surface area contributed by atoms with Crippen LogP contribution in [0.15, 0.2) is 48.5 Å². The van der Waals surface area contributed by atoms with Gasteiger partial charge < -0.3 is 5.11 Å². The molecule has 0 bridgehead atoms. The van der Waals surface area contributed by atoms with Crippen molar-refractivity contribution >= 4 is 0 Å². The zero-order valence-electron chi connectivity index (χ0n) is 11.6. The van der Waals surface area contributed by atoms with Gasteiger partial charge in [-0.1, -0.05) is 62.4 Å². The average molecular weight is 252 g/mol. The molecule has 0 aromatic heterocycles. The second-order valence-corrected chi connectivity index (χ2v) is 6.13. The van der Waals surface area contributed by atoms with Gasteiger partial charge in [0, 0.05) is 5.92 Å². The first-order valence-corrected chi connectivity index (χ1v) is 6.91. The minimum Gasteiger partial charge on any atom is -0.392 e. The quantitative estimate of drug-likeness (QED) is 0.856. The standard InChI is InChI=1S/C18H20O/c1-18(2)11-16(14-6-4-3-5-7-14)15-10-13(12-19)8-9-17(15)18/h3-10,16,19H,11-12H2,1-2H3. The van der Waals surface area contributed by atoms with Gasteiger partial charge in [-0.3, -0.25) is 0 Å². The molecular formula is C18H20O. The van der Waals surface area contributed by atoms with Crippen molar-refractivity contribution in [1.82, 2.24) is 0 Å². The second kappa shape index (κ2) is 4.50. The molecule has 0 saturated heterocycles. The van der Waals surface area contributed by atoms with Crippen molar-refractivity contribution in [2.24, 2.45) is 0 Å². The van der Waals surface area contributed by atoms with Crippen molar-refractivity contribution < 1.29 is 5.11 Å². The number of hydrogen-bond acceptors (Lipinski definition) is 1. The van der Waals surface area contributed by atoms with Crippen LogP contribution in [0.4, 0.5) is 0 Å². The fourth-order valence-electron chi connectivity index (χ4n) is 3.33. The van der Waals surface area contributed by atoms with Gasteiger partial charge in [0.2, 0.25) is 0 Å². The third-order valence-corrected chi connectivity index (χ3v) is 4.32. The molecule has 1 unspecified atom stereocenters. The third-order valence-electron chi connectivity index (χ3n) is 4.32. The maximum atomic E-state index is 9.36. The van der Waals surface area contributed by atoms with Gasteiger partial charge in [-0.2, -0.15) is 0 Å². The number of fused-ring (bicyclic) bond motifs is 1. The number of hydrogen-bond donors (Lipinski definition) is 1. The molecule has 1 N–H and O–H groups in total. The molecule has 0 fully saturated rings. The smallest absolute Gasteiger partial charge is 0.0681 e. The normalized spacial score (nSPS) is 20.3. The van der Waals surface area contributed by atoms with Crippen LogP contribution < -0.4 is 0 Å². The monoisotopic (exact) mass is 252 g/mol. The van der Waals surface area contributed by atoms with Gasteiger partial charge >= 0.3 is 0 Å². The molecule has 0 heterocycles. The van der Waals surface area contributed by atoms with Gasteiger partial charge in [-0.15, -0.1) is 0 Å². The van der Waals surface area contributed by atoms with E-state index in [9.17, 15) is 5.11 Å². The second-order valence-electron chi connectivity index (χ2n) is 6.13. The van der Waals surface area contributed by atoms with Gasteiger partial charge in [-0.05, 0) is 34.1 Å². The largest absolute Gasteiger partial charge is 0.392 e. The minimum absolute atomic E-state index is 0.120. The Bertz CT molecular complexity index is 584. The van der Waals surface area contributed by atoms with Gasteiger partial charge in [0.1, 0.15) is 0 Å². The van der Waals surface area contributed by atoms with Crippen molar-refractivity contribution in [2.45, 2.75) is 38.2 Å². The Morgan fingerprint density at radius 2 is 1.84 bits per heavy atom. The fourth-order valence-corrected chi connectivity index (χ4v) is 3.33. The van der Waals surface area contributed by atoms with E-state index in [2.05, 4.69) is 56.3 Å². The Balaban J connectivity index is 2.12. The van der Waals surface area contributed by atoms with E-state index >= 15 is 0 Å². The molecule has 1 aliphatic rings. The Labute approximate surface area is 114 Å². The molecule has 1 atom stereocenters. The molecule has 0 radical (unpaired) electrons. The summed E-state index contributed by atoms with van der Waals surface area (Å²) in [4.78, 5) is 0. The lowest BCUT2D eigenvalue weighted by Gasteiger charge is -2.19. The topological polar surface area (TPSA) is 20.2 Å². The Morgan fingerprint density at radius 1 is 1.11 bits per heavy atom. The van der Waals surface area contributed by atoms with Crippen LogP contribution in [-0.2, 0) is 12.0 Å². The van der Waals surface area contributed by atoms with E-state index < -0.39 is 0 Å². The zero-order chi connectivity index (χ0) is 13.5. The van der Waals surface area contributed by atoms with Crippen LogP contribution in [-0.4, -0.2) is 5.11 Å². The van der Waals surface area contributed by atoms with Crippen molar-refractivity contribution in [3.05, 3.63) is 70.8 Å². The van der Waals surface area contributed by atoms with Gasteiger partial charge in [-0.25, -0.2) is 0 Å². The number of aliphatic hydroxyl groups excluding tert-OH is 1. The summed E-state index contributed by atoms with van der Waals surface area (Å²) in [7, 11) is 0. The minimum atomic E-state index is 0.120. The van der Waals surface area contributed by atoms with E-state index in [1.165, 1.54) is 16.7 Å². The van der Waals surface area contributed by atoms with Crippen molar-refractivity contribution in [3.63, 3.8) is 0 Å². The molecule has 1 aliphatic carbocycles. The lowest BCUT2D eigenvalue weighted by atomic mass is 9.85. The highest BCUT2D eigenvalue weighted by atomic mass is 16.3. The maximum absolute atomic E-state index is 9.36. The summed E-state index contributed by atoms with van der Waals surface area (Å²) in [6, 6.07) is 17.1. The van der Waals surface area contributed by atoms with Crippen LogP contribution in [0, 0.1) is 0 Å². The lowest BCUT2D eigenvalue weighted by molar-refractivity contribution is 0.281. The molecule has 0 saturated carbocycles. The molecule has 1 nitrogen and oxygen atoms in total. The van der Waals surface area contributed by atoms with Gasteiger partial charge in [0.25, 0.3) is 0 Å². The first-order chi connectivity index (χ1) is 9.12. The van der Waals surface area contributed by atoms with E-state index in [-0.39, 0.29) is 12.0 Å². The van der Waals surface area contributed by atoms with Crippen molar-refractivity contribution in [2.75, 3.05) is 0 Å². The number of rotatable bonds is 2. The van der Waals surface area contributed by atoms with Crippen molar-refractivity contribution in [1.29, 1.82) is 0 Å². The fraction of sp³-hybridized carbons (Fsp3) is 0.333. The first-order valence-electron chi connectivity index (χ1n) is 6.91. The summed E-state index contributed by atoms with van der Waals surface area (Å²) in [6.45, 7) is 4.75. The SMILES string of the molecule is CC1(C)CC(c2ccccc2)c2cc(CO)ccc21. The summed E-state index contributed by atoms with van der Waals surface area (Å²) in [5.74, 6) is 0.456. The van der Waals surface area contributed by atoms with Crippen LogP contribution in [0.2, 0.25) is 0 Å². The molecule has 3 rings (SSSR count). The molecular weight excluding hydrogens is 232 g/mol. The lowest BCUT2D eigenvalue weighted by Crippen LogP contribution is -2.12. The summed E-state index contributed by atoms with van der Waals surface area (Å²) in [5.41, 5.74) is 5.42. The van der Waals surface area contributed by atoms with Crippen LogP contribution in [0.1, 0.15) is 48.4 Å². The zero-order valence-corrected chi connectivity index (χ0v) is 11.6.